The van der Waals surface area contributed by atoms with E-state index in [2.05, 4.69) is 39.6 Å². The van der Waals surface area contributed by atoms with E-state index in [1.165, 1.54) is 0 Å². The maximum absolute atomic E-state index is 6.06. The first-order valence-corrected chi connectivity index (χ1v) is 8.00. The van der Waals surface area contributed by atoms with Gasteiger partial charge in [0, 0.05) is 16.1 Å². The lowest BCUT2D eigenvalue weighted by molar-refractivity contribution is 1.22. The van der Waals surface area contributed by atoms with Gasteiger partial charge in [-0.05, 0) is 41.5 Å². The summed E-state index contributed by atoms with van der Waals surface area (Å²) in [5.41, 5.74) is 4.09. The van der Waals surface area contributed by atoms with Crippen molar-refractivity contribution in [3.8, 4) is 11.1 Å². The van der Waals surface area contributed by atoms with Crippen molar-refractivity contribution in [2.75, 3.05) is 5.32 Å². The van der Waals surface area contributed by atoms with Gasteiger partial charge in [-0.15, -0.1) is 0 Å². The van der Waals surface area contributed by atoms with Crippen molar-refractivity contribution in [2.24, 2.45) is 0 Å². The van der Waals surface area contributed by atoms with E-state index < -0.39 is 0 Å². The minimum absolute atomic E-state index is 0.684. The molecule has 3 aromatic carbocycles. The molecule has 1 N–H and O–H groups in total. The summed E-state index contributed by atoms with van der Waals surface area (Å²) >= 11 is 6.06. The average molecular weight is 332 g/mol. The van der Waals surface area contributed by atoms with E-state index in [4.69, 9.17) is 11.6 Å². The number of anilines is 2. The maximum Gasteiger partial charge on any atom is 0.141 e. The van der Waals surface area contributed by atoms with Crippen LogP contribution in [-0.2, 0) is 0 Å². The van der Waals surface area contributed by atoms with Gasteiger partial charge in [0.05, 0.1) is 5.52 Å². The Labute approximate surface area is 145 Å². The second-order valence-electron chi connectivity index (χ2n) is 5.46. The Morgan fingerprint density at radius 1 is 0.750 bits per heavy atom. The zero-order valence-electron chi connectivity index (χ0n) is 12.8. The third-order valence-corrected chi connectivity index (χ3v) is 4.06. The molecule has 116 valence electrons. The van der Waals surface area contributed by atoms with Gasteiger partial charge in [-0.25, -0.2) is 9.97 Å². The van der Waals surface area contributed by atoms with Gasteiger partial charge in [0.15, 0.2) is 0 Å². The molecule has 4 heteroatoms. The van der Waals surface area contributed by atoms with Gasteiger partial charge in [0.1, 0.15) is 12.1 Å². The van der Waals surface area contributed by atoms with E-state index in [9.17, 15) is 0 Å². The zero-order valence-corrected chi connectivity index (χ0v) is 13.5. The quantitative estimate of drug-likeness (QED) is 0.523. The van der Waals surface area contributed by atoms with E-state index >= 15 is 0 Å². The molecule has 0 saturated carbocycles. The van der Waals surface area contributed by atoms with Crippen LogP contribution in [0.1, 0.15) is 0 Å². The van der Waals surface area contributed by atoms with Crippen molar-refractivity contribution < 1.29 is 0 Å². The van der Waals surface area contributed by atoms with Crippen molar-refractivity contribution >= 4 is 34.0 Å². The number of hydrogen-bond acceptors (Lipinski definition) is 3. The molecule has 0 atom stereocenters. The molecule has 0 radical (unpaired) electrons. The van der Waals surface area contributed by atoms with Crippen molar-refractivity contribution in [1.29, 1.82) is 0 Å². The lowest BCUT2D eigenvalue weighted by Crippen LogP contribution is -1.96. The first-order chi connectivity index (χ1) is 11.8. The molecule has 0 fully saturated rings. The molecule has 0 unspecified atom stereocenters. The summed E-state index contributed by atoms with van der Waals surface area (Å²) in [6.45, 7) is 0. The lowest BCUT2D eigenvalue weighted by Gasteiger charge is -2.10. The Balaban J connectivity index is 1.80. The summed E-state index contributed by atoms with van der Waals surface area (Å²) < 4.78 is 0. The second kappa shape index (κ2) is 6.30. The summed E-state index contributed by atoms with van der Waals surface area (Å²) in [7, 11) is 0. The standard InChI is InChI=1S/C20H14ClN3/c21-16-7-4-8-17(12-16)24-20-18-11-15(14-5-2-1-3-6-14)9-10-19(18)22-13-23-20/h1-13H,(H,22,23,24). The topological polar surface area (TPSA) is 37.8 Å². The van der Waals surface area contributed by atoms with Crippen LogP contribution in [-0.4, -0.2) is 9.97 Å². The number of fused-ring (bicyclic) bond motifs is 1. The number of aromatic nitrogens is 2. The van der Waals surface area contributed by atoms with E-state index in [0.717, 1.165) is 33.5 Å². The smallest absolute Gasteiger partial charge is 0.141 e. The highest BCUT2D eigenvalue weighted by Gasteiger charge is 2.07. The van der Waals surface area contributed by atoms with Crippen LogP contribution in [0.5, 0.6) is 0 Å². The number of nitrogens with one attached hydrogen (secondary N) is 1. The SMILES string of the molecule is Clc1cccc(Nc2ncnc3ccc(-c4ccccc4)cc23)c1. The van der Waals surface area contributed by atoms with Crippen LogP contribution in [0, 0.1) is 0 Å². The lowest BCUT2D eigenvalue weighted by atomic mass is 10.0. The van der Waals surface area contributed by atoms with E-state index in [-0.39, 0.29) is 0 Å². The van der Waals surface area contributed by atoms with Crippen LogP contribution in [0.25, 0.3) is 22.0 Å². The Morgan fingerprint density at radius 3 is 2.46 bits per heavy atom. The van der Waals surface area contributed by atoms with Crippen LogP contribution in [0.4, 0.5) is 11.5 Å². The van der Waals surface area contributed by atoms with Gasteiger partial charge >= 0.3 is 0 Å². The minimum Gasteiger partial charge on any atom is -0.340 e. The highest BCUT2D eigenvalue weighted by atomic mass is 35.5. The molecular formula is C20H14ClN3. The zero-order chi connectivity index (χ0) is 16.4. The van der Waals surface area contributed by atoms with Crippen molar-refractivity contribution in [1.82, 2.24) is 9.97 Å². The summed E-state index contributed by atoms with van der Waals surface area (Å²) in [6, 6.07) is 24.1. The van der Waals surface area contributed by atoms with Crippen LogP contribution in [0.2, 0.25) is 5.02 Å². The molecule has 3 nitrogen and oxygen atoms in total. The normalized spacial score (nSPS) is 10.7. The van der Waals surface area contributed by atoms with Crippen molar-refractivity contribution in [3.63, 3.8) is 0 Å². The number of nitrogens with zero attached hydrogens (tertiary/aromatic N) is 2. The maximum atomic E-state index is 6.06. The Hall–Kier alpha value is -2.91. The van der Waals surface area contributed by atoms with Crippen LogP contribution in [0.15, 0.2) is 79.1 Å². The van der Waals surface area contributed by atoms with E-state index in [0.29, 0.717) is 5.02 Å². The number of benzene rings is 3. The fourth-order valence-electron chi connectivity index (χ4n) is 2.67. The first-order valence-electron chi connectivity index (χ1n) is 7.62. The molecular weight excluding hydrogens is 318 g/mol. The predicted octanol–water partition coefficient (Wildman–Crippen LogP) is 5.69. The monoisotopic (exact) mass is 331 g/mol. The highest BCUT2D eigenvalue weighted by Crippen LogP contribution is 2.28. The molecule has 0 aliphatic rings. The molecule has 0 aliphatic carbocycles. The average Bonchev–Trinajstić information content (AvgIpc) is 2.62. The van der Waals surface area contributed by atoms with Gasteiger partial charge in [0.25, 0.3) is 0 Å². The fourth-order valence-corrected chi connectivity index (χ4v) is 2.86. The summed E-state index contributed by atoms with van der Waals surface area (Å²) in [4.78, 5) is 8.76. The predicted molar refractivity (Wildman–Crippen MR) is 99.7 cm³/mol. The van der Waals surface area contributed by atoms with Crippen LogP contribution >= 0.6 is 11.6 Å². The van der Waals surface area contributed by atoms with Crippen molar-refractivity contribution in [3.05, 3.63) is 84.1 Å². The summed E-state index contributed by atoms with van der Waals surface area (Å²) in [5.74, 6) is 0.764. The highest BCUT2D eigenvalue weighted by molar-refractivity contribution is 6.30. The summed E-state index contributed by atoms with van der Waals surface area (Å²) in [6.07, 6.45) is 1.57. The second-order valence-corrected chi connectivity index (χ2v) is 5.89. The van der Waals surface area contributed by atoms with Gasteiger partial charge in [-0.3, -0.25) is 0 Å². The molecule has 0 bridgehead atoms. The van der Waals surface area contributed by atoms with Gasteiger partial charge in [-0.1, -0.05) is 54.1 Å². The molecule has 0 amide bonds. The Morgan fingerprint density at radius 2 is 1.62 bits per heavy atom. The fraction of sp³-hybridized carbons (Fsp3) is 0. The Bertz CT molecular complexity index is 1000. The van der Waals surface area contributed by atoms with E-state index in [1.54, 1.807) is 6.33 Å². The van der Waals surface area contributed by atoms with Gasteiger partial charge < -0.3 is 5.32 Å². The number of halogens is 1. The van der Waals surface area contributed by atoms with Crippen LogP contribution in [0.3, 0.4) is 0 Å². The molecule has 24 heavy (non-hydrogen) atoms. The van der Waals surface area contributed by atoms with Gasteiger partial charge in [0.2, 0.25) is 0 Å². The first kappa shape index (κ1) is 14.7. The third-order valence-electron chi connectivity index (χ3n) is 3.83. The number of rotatable bonds is 3. The van der Waals surface area contributed by atoms with E-state index in [1.807, 2.05) is 48.5 Å². The molecule has 0 aliphatic heterocycles. The molecule has 0 spiro atoms. The number of hydrogen-bond donors (Lipinski definition) is 1. The molecule has 4 rings (SSSR count). The molecule has 1 heterocycles. The largest absolute Gasteiger partial charge is 0.340 e. The van der Waals surface area contributed by atoms with Gasteiger partial charge in [-0.2, -0.15) is 0 Å². The third kappa shape index (κ3) is 2.94. The molecule has 1 aromatic heterocycles. The minimum atomic E-state index is 0.684. The molecule has 4 aromatic rings. The Kier molecular flexibility index (Phi) is 3.85. The molecule has 0 saturated heterocycles. The summed E-state index contributed by atoms with van der Waals surface area (Å²) in [5, 5.41) is 4.99. The van der Waals surface area contributed by atoms with Crippen LogP contribution < -0.4 is 5.32 Å². The van der Waals surface area contributed by atoms with Crippen molar-refractivity contribution in [2.45, 2.75) is 0 Å².